The highest BCUT2D eigenvalue weighted by atomic mass is 32.2. The standard InChI is InChI=1S/C10H15FN4O3S/c1-7(6-9(12)14-16)15(2)19(17,18)10-8(11)4-3-5-13-10/h3-5,7,16H,6H2,1-2H3,(H2,12,14). The third kappa shape index (κ3) is 3.38. The van der Waals surface area contributed by atoms with E-state index in [4.69, 9.17) is 10.9 Å². The SMILES string of the molecule is CC(C/C(N)=N/O)N(C)S(=O)(=O)c1ncccc1F. The second-order valence-electron chi connectivity index (χ2n) is 3.96. The van der Waals surface area contributed by atoms with Crippen LogP contribution in [0, 0.1) is 5.82 Å². The number of hydrogen-bond donors (Lipinski definition) is 2. The first kappa shape index (κ1) is 15.3. The molecule has 0 spiro atoms. The topological polar surface area (TPSA) is 109 Å². The quantitative estimate of drug-likeness (QED) is 0.352. The fourth-order valence-corrected chi connectivity index (χ4v) is 2.74. The van der Waals surface area contributed by atoms with Gasteiger partial charge in [-0.05, 0) is 19.1 Å². The number of aromatic nitrogens is 1. The first-order chi connectivity index (χ1) is 8.80. The molecule has 0 aliphatic carbocycles. The zero-order valence-corrected chi connectivity index (χ0v) is 11.3. The molecule has 106 valence electrons. The summed E-state index contributed by atoms with van der Waals surface area (Å²) in [6, 6.07) is 1.71. The van der Waals surface area contributed by atoms with Crippen molar-refractivity contribution >= 4 is 15.9 Å². The largest absolute Gasteiger partial charge is 0.409 e. The molecule has 0 fully saturated rings. The highest BCUT2D eigenvalue weighted by molar-refractivity contribution is 7.89. The maximum absolute atomic E-state index is 13.5. The van der Waals surface area contributed by atoms with E-state index < -0.39 is 26.9 Å². The number of halogens is 1. The Bertz CT molecular complexity index is 576. The van der Waals surface area contributed by atoms with Gasteiger partial charge >= 0.3 is 0 Å². The van der Waals surface area contributed by atoms with Crippen LogP contribution in [0.5, 0.6) is 0 Å². The lowest BCUT2D eigenvalue weighted by Gasteiger charge is -2.23. The highest BCUT2D eigenvalue weighted by Gasteiger charge is 2.29. The van der Waals surface area contributed by atoms with Crippen LogP contribution in [-0.2, 0) is 10.0 Å². The monoisotopic (exact) mass is 290 g/mol. The smallest absolute Gasteiger partial charge is 0.263 e. The second kappa shape index (κ2) is 5.93. The predicted octanol–water partition coefficient (Wildman–Crippen LogP) is 0.366. The van der Waals surface area contributed by atoms with Gasteiger partial charge in [-0.1, -0.05) is 5.16 Å². The van der Waals surface area contributed by atoms with Crippen molar-refractivity contribution in [1.82, 2.24) is 9.29 Å². The summed E-state index contributed by atoms with van der Waals surface area (Å²) in [7, 11) is -2.79. The summed E-state index contributed by atoms with van der Waals surface area (Å²) < 4.78 is 38.7. The van der Waals surface area contributed by atoms with Crippen LogP contribution in [0.2, 0.25) is 0 Å². The van der Waals surface area contributed by atoms with E-state index in [0.717, 1.165) is 10.4 Å². The van der Waals surface area contributed by atoms with Crippen molar-refractivity contribution < 1.29 is 18.0 Å². The van der Waals surface area contributed by atoms with E-state index in [-0.39, 0.29) is 12.3 Å². The van der Waals surface area contributed by atoms with Crippen LogP contribution in [0.4, 0.5) is 4.39 Å². The zero-order chi connectivity index (χ0) is 14.6. The summed E-state index contributed by atoms with van der Waals surface area (Å²) in [6.45, 7) is 1.55. The molecular weight excluding hydrogens is 275 g/mol. The van der Waals surface area contributed by atoms with Gasteiger partial charge in [-0.15, -0.1) is 0 Å². The number of oxime groups is 1. The summed E-state index contributed by atoms with van der Waals surface area (Å²) in [5.74, 6) is -1.04. The summed E-state index contributed by atoms with van der Waals surface area (Å²) >= 11 is 0. The van der Waals surface area contributed by atoms with Crippen molar-refractivity contribution in [2.75, 3.05) is 7.05 Å². The molecule has 0 bridgehead atoms. The van der Waals surface area contributed by atoms with Gasteiger partial charge in [-0.2, -0.15) is 4.31 Å². The molecule has 19 heavy (non-hydrogen) atoms. The molecule has 9 heteroatoms. The van der Waals surface area contributed by atoms with E-state index in [1.807, 2.05) is 0 Å². The average Bonchev–Trinajstić information content (AvgIpc) is 2.37. The molecular formula is C10H15FN4O3S. The third-order valence-corrected chi connectivity index (χ3v) is 4.51. The lowest BCUT2D eigenvalue weighted by atomic mass is 10.2. The molecule has 0 aliphatic heterocycles. The minimum Gasteiger partial charge on any atom is -0.409 e. The van der Waals surface area contributed by atoms with E-state index in [1.54, 1.807) is 6.92 Å². The Morgan fingerprint density at radius 1 is 1.68 bits per heavy atom. The highest BCUT2D eigenvalue weighted by Crippen LogP contribution is 2.18. The molecule has 1 aromatic heterocycles. The lowest BCUT2D eigenvalue weighted by Crippen LogP contribution is -2.38. The molecule has 0 aliphatic rings. The molecule has 1 unspecified atom stereocenters. The second-order valence-corrected chi connectivity index (χ2v) is 5.87. The molecule has 1 rings (SSSR count). The Kier molecular flexibility index (Phi) is 4.78. The molecule has 1 heterocycles. The Labute approximate surface area is 110 Å². The Hall–Kier alpha value is -1.74. The Morgan fingerprint density at radius 3 is 2.84 bits per heavy atom. The number of amidine groups is 1. The number of rotatable bonds is 5. The lowest BCUT2D eigenvalue weighted by molar-refractivity contribution is 0.313. The molecule has 7 nitrogen and oxygen atoms in total. The summed E-state index contributed by atoms with van der Waals surface area (Å²) in [4.78, 5) is 3.54. The van der Waals surface area contributed by atoms with Gasteiger partial charge in [0.15, 0.2) is 5.82 Å². The average molecular weight is 290 g/mol. The normalized spacial score (nSPS) is 14.6. The molecule has 0 radical (unpaired) electrons. The van der Waals surface area contributed by atoms with Gasteiger partial charge in [0.1, 0.15) is 5.84 Å². The fraction of sp³-hybridized carbons (Fsp3) is 0.400. The predicted molar refractivity (Wildman–Crippen MR) is 66.6 cm³/mol. The van der Waals surface area contributed by atoms with E-state index in [1.165, 1.54) is 19.3 Å². The Balaban J connectivity index is 3.04. The molecule has 0 amide bonds. The van der Waals surface area contributed by atoms with E-state index in [9.17, 15) is 12.8 Å². The van der Waals surface area contributed by atoms with E-state index in [0.29, 0.717) is 0 Å². The van der Waals surface area contributed by atoms with Gasteiger partial charge < -0.3 is 10.9 Å². The van der Waals surface area contributed by atoms with Gasteiger partial charge in [0, 0.05) is 25.7 Å². The third-order valence-electron chi connectivity index (χ3n) is 2.60. The molecule has 0 aromatic carbocycles. The minimum atomic E-state index is -4.07. The molecule has 3 N–H and O–H groups in total. The van der Waals surface area contributed by atoms with Crippen LogP contribution in [0.1, 0.15) is 13.3 Å². The first-order valence-electron chi connectivity index (χ1n) is 5.35. The molecule has 0 saturated carbocycles. The van der Waals surface area contributed by atoms with Crippen molar-refractivity contribution in [2.24, 2.45) is 10.9 Å². The van der Waals surface area contributed by atoms with Crippen molar-refractivity contribution in [3.8, 4) is 0 Å². The van der Waals surface area contributed by atoms with Crippen LogP contribution in [0.3, 0.4) is 0 Å². The van der Waals surface area contributed by atoms with Gasteiger partial charge in [0.2, 0.25) is 5.03 Å². The molecule has 0 saturated heterocycles. The van der Waals surface area contributed by atoms with E-state index >= 15 is 0 Å². The number of sulfonamides is 1. The first-order valence-corrected chi connectivity index (χ1v) is 6.79. The maximum Gasteiger partial charge on any atom is 0.263 e. The molecule has 1 aromatic rings. The number of hydrogen-bond acceptors (Lipinski definition) is 5. The molecule has 1 atom stereocenters. The summed E-state index contributed by atoms with van der Waals surface area (Å²) in [6.07, 6.45) is 1.21. The Morgan fingerprint density at radius 2 is 2.32 bits per heavy atom. The van der Waals surface area contributed by atoms with Crippen molar-refractivity contribution in [1.29, 1.82) is 0 Å². The summed E-state index contributed by atoms with van der Waals surface area (Å²) in [5, 5.41) is 10.6. The van der Waals surface area contributed by atoms with Gasteiger partial charge in [0.05, 0.1) is 0 Å². The zero-order valence-electron chi connectivity index (χ0n) is 10.5. The van der Waals surface area contributed by atoms with Gasteiger partial charge in [-0.25, -0.2) is 17.8 Å². The van der Waals surface area contributed by atoms with Crippen molar-refractivity contribution in [3.63, 3.8) is 0 Å². The van der Waals surface area contributed by atoms with Crippen molar-refractivity contribution in [2.45, 2.75) is 24.4 Å². The van der Waals surface area contributed by atoms with Crippen LogP contribution >= 0.6 is 0 Å². The maximum atomic E-state index is 13.5. The van der Waals surface area contributed by atoms with Gasteiger partial charge in [-0.3, -0.25) is 0 Å². The minimum absolute atomic E-state index is 0.0146. The van der Waals surface area contributed by atoms with E-state index in [2.05, 4.69) is 10.1 Å². The summed E-state index contributed by atoms with van der Waals surface area (Å²) in [5.41, 5.74) is 5.31. The van der Waals surface area contributed by atoms with Crippen LogP contribution in [0.25, 0.3) is 0 Å². The van der Waals surface area contributed by atoms with Crippen LogP contribution in [0.15, 0.2) is 28.5 Å². The number of nitrogens with two attached hydrogens (primary N) is 1. The fourth-order valence-electron chi connectivity index (χ4n) is 1.41. The number of pyridine rings is 1. The van der Waals surface area contributed by atoms with Crippen molar-refractivity contribution in [3.05, 3.63) is 24.1 Å². The van der Waals surface area contributed by atoms with Gasteiger partial charge in [0.25, 0.3) is 10.0 Å². The van der Waals surface area contributed by atoms with Crippen LogP contribution in [-0.4, -0.2) is 41.8 Å². The van der Waals surface area contributed by atoms with Crippen LogP contribution < -0.4 is 5.73 Å². The number of nitrogens with zero attached hydrogens (tertiary/aromatic N) is 3.